The number of para-hydroxylation sites is 1. The molecular formula is C23H20BrN3O2S. The van der Waals surface area contributed by atoms with E-state index < -0.39 is 0 Å². The summed E-state index contributed by atoms with van der Waals surface area (Å²) in [7, 11) is 3.28. The molecule has 0 aliphatic rings. The van der Waals surface area contributed by atoms with Gasteiger partial charge in [0.25, 0.3) is 0 Å². The number of thioether (sulfide) groups is 1. The maximum Gasteiger partial charge on any atom is 0.196 e. The van der Waals surface area contributed by atoms with E-state index in [9.17, 15) is 0 Å². The van der Waals surface area contributed by atoms with Gasteiger partial charge in [0.05, 0.1) is 14.2 Å². The number of halogens is 1. The highest BCUT2D eigenvalue weighted by molar-refractivity contribution is 9.10. The molecule has 0 aliphatic heterocycles. The van der Waals surface area contributed by atoms with Crippen LogP contribution in [0.5, 0.6) is 11.5 Å². The third kappa shape index (κ3) is 4.52. The molecule has 1 aromatic heterocycles. The molecule has 0 amide bonds. The fraction of sp³-hybridized carbons (Fsp3) is 0.130. The Kier molecular flexibility index (Phi) is 6.40. The normalized spacial score (nSPS) is 10.8. The Labute approximate surface area is 188 Å². The quantitative estimate of drug-likeness (QED) is 0.302. The largest absolute Gasteiger partial charge is 0.497 e. The zero-order chi connectivity index (χ0) is 20.9. The molecular weight excluding hydrogens is 462 g/mol. The van der Waals surface area contributed by atoms with Crippen molar-refractivity contribution in [1.82, 2.24) is 14.8 Å². The Bertz CT molecular complexity index is 1110. The van der Waals surface area contributed by atoms with Crippen molar-refractivity contribution in [3.63, 3.8) is 0 Å². The number of hydrogen-bond acceptors (Lipinski definition) is 5. The van der Waals surface area contributed by atoms with Gasteiger partial charge in [-0.05, 0) is 42.0 Å². The summed E-state index contributed by atoms with van der Waals surface area (Å²) in [6.45, 7) is 0. The lowest BCUT2D eigenvalue weighted by molar-refractivity contribution is 0.394. The van der Waals surface area contributed by atoms with Crippen LogP contribution >= 0.6 is 27.7 Å². The minimum Gasteiger partial charge on any atom is -0.497 e. The van der Waals surface area contributed by atoms with Crippen molar-refractivity contribution in [1.29, 1.82) is 0 Å². The van der Waals surface area contributed by atoms with E-state index in [4.69, 9.17) is 9.47 Å². The predicted octanol–water partition coefficient (Wildman–Crippen LogP) is 6.01. The highest BCUT2D eigenvalue weighted by Gasteiger charge is 2.18. The number of rotatable bonds is 7. The van der Waals surface area contributed by atoms with Crippen molar-refractivity contribution in [3.8, 4) is 28.6 Å². The standard InChI is InChI=1S/C23H20BrN3O2S/c1-28-20-12-17(13-21(14-20)29-2)22-25-26-23(27(22)19-6-4-3-5-7-19)30-15-16-8-10-18(24)11-9-16/h3-14H,15H2,1-2H3. The monoisotopic (exact) mass is 481 g/mol. The second-order valence-corrected chi connectivity index (χ2v) is 8.35. The third-order valence-corrected chi connectivity index (χ3v) is 6.07. The number of nitrogens with zero attached hydrogens (tertiary/aromatic N) is 3. The van der Waals surface area contributed by atoms with Crippen LogP contribution in [-0.4, -0.2) is 29.0 Å². The predicted molar refractivity (Wildman–Crippen MR) is 124 cm³/mol. The van der Waals surface area contributed by atoms with Gasteiger partial charge in [-0.15, -0.1) is 10.2 Å². The van der Waals surface area contributed by atoms with Crippen LogP contribution < -0.4 is 9.47 Å². The summed E-state index contributed by atoms with van der Waals surface area (Å²) in [5, 5.41) is 9.83. The second kappa shape index (κ2) is 9.36. The van der Waals surface area contributed by atoms with Gasteiger partial charge in [-0.2, -0.15) is 0 Å². The molecule has 0 bridgehead atoms. The van der Waals surface area contributed by atoms with Crippen LogP contribution in [0.2, 0.25) is 0 Å². The van der Waals surface area contributed by atoms with Crippen molar-refractivity contribution < 1.29 is 9.47 Å². The van der Waals surface area contributed by atoms with Gasteiger partial charge in [-0.3, -0.25) is 4.57 Å². The van der Waals surface area contributed by atoms with Gasteiger partial charge in [-0.1, -0.05) is 58.0 Å². The average Bonchev–Trinajstić information content (AvgIpc) is 3.23. The molecule has 4 aromatic rings. The second-order valence-electron chi connectivity index (χ2n) is 6.49. The molecule has 7 heteroatoms. The topological polar surface area (TPSA) is 49.2 Å². The Morgan fingerprint density at radius 1 is 0.867 bits per heavy atom. The fourth-order valence-corrected chi connectivity index (χ4v) is 4.20. The first-order valence-electron chi connectivity index (χ1n) is 9.29. The average molecular weight is 482 g/mol. The Morgan fingerprint density at radius 3 is 2.17 bits per heavy atom. The molecule has 0 radical (unpaired) electrons. The maximum absolute atomic E-state index is 5.44. The first-order valence-corrected chi connectivity index (χ1v) is 11.1. The third-order valence-electron chi connectivity index (χ3n) is 4.54. The van der Waals surface area contributed by atoms with Gasteiger partial charge >= 0.3 is 0 Å². The fourth-order valence-electron chi connectivity index (χ4n) is 3.03. The molecule has 0 spiro atoms. The molecule has 0 atom stereocenters. The zero-order valence-electron chi connectivity index (χ0n) is 16.6. The molecule has 0 aliphatic carbocycles. The molecule has 0 saturated carbocycles. The first-order chi connectivity index (χ1) is 14.7. The minimum atomic E-state index is 0.705. The smallest absolute Gasteiger partial charge is 0.196 e. The summed E-state index contributed by atoms with van der Waals surface area (Å²) in [5.74, 6) is 2.93. The SMILES string of the molecule is COc1cc(OC)cc(-c2nnc(SCc3ccc(Br)cc3)n2-c2ccccc2)c1. The van der Waals surface area contributed by atoms with E-state index in [2.05, 4.69) is 42.8 Å². The van der Waals surface area contributed by atoms with Crippen molar-refractivity contribution in [2.24, 2.45) is 0 Å². The Morgan fingerprint density at radius 2 is 1.53 bits per heavy atom. The minimum absolute atomic E-state index is 0.705. The summed E-state index contributed by atoms with van der Waals surface area (Å²) in [6.07, 6.45) is 0. The Balaban J connectivity index is 1.75. The molecule has 0 unspecified atom stereocenters. The number of benzene rings is 3. The lowest BCUT2D eigenvalue weighted by Gasteiger charge is -2.12. The molecule has 0 saturated heterocycles. The van der Waals surface area contributed by atoms with Crippen LogP contribution in [0, 0.1) is 0 Å². The van der Waals surface area contributed by atoms with E-state index in [1.165, 1.54) is 5.56 Å². The van der Waals surface area contributed by atoms with E-state index in [1.54, 1.807) is 26.0 Å². The van der Waals surface area contributed by atoms with Crippen molar-refractivity contribution >= 4 is 27.7 Å². The number of hydrogen-bond donors (Lipinski definition) is 0. The van der Waals surface area contributed by atoms with Crippen molar-refractivity contribution in [3.05, 3.63) is 82.8 Å². The van der Waals surface area contributed by atoms with Gasteiger partial charge in [0.1, 0.15) is 11.5 Å². The molecule has 0 N–H and O–H groups in total. The molecule has 3 aromatic carbocycles. The van der Waals surface area contributed by atoms with E-state index in [0.29, 0.717) is 11.5 Å². The summed E-state index contributed by atoms with van der Waals surface area (Å²) < 4.78 is 14.0. The summed E-state index contributed by atoms with van der Waals surface area (Å²) in [6, 6.07) is 24.1. The number of ether oxygens (including phenoxy) is 2. The molecule has 4 rings (SSSR count). The van der Waals surface area contributed by atoms with Gasteiger partial charge in [0.15, 0.2) is 11.0 Å². The highest BCUT2D eigenvalue weighted by atomic mass is 79.9. The van der Waals surface area contributed by atoms with E-state index in [0.717, 1.165) is 32.5 Å². The summed E-state index contributed by atoms with van der Waals surface area (Å²) in [5.41, 5.74) is 3.09. The lowest BCUT2D eigenvalue weighted by Crippen LogP contribution is -2.00. The van der Waals surface area contributed by atoms with Crippen molar-refractivity contribution in [2.75, 3.05) is 14.2 Å². The molecule has 5 nitrogen and oxygen atoms in total. The highest BCUT2D eigenvalue weighted by Crippen LogP contribution is 2.33. The van der Waals surface area contributed by atoms with E-state index >= 15 is 0 Å². The van der Waals surface area contributed by atoms with E-state index in [-0.39, 0.29) is 0 Å². The molecule has 30 heavy (non-hydrogen) atoms. The summed E-state index contributed by atoms with van der Waals surface area (Å²) >= 11 is 5.13. The van der Waals surface area contributed by atoms with Gasteiger partial charge in [0.2, 0.25) is 0 Å². The lowest BCUT2D eigenvalue weighted by atomic mass is 10.2. The van der Waals surface area contributed by atoms with Crippen LogP contribution in [0.25, 0.3) is 17.1 Å². The molecule has 1 heterocycles. The van der Waals surface area contributed by atoms with Gasteiger partial charge < -0.3 is 9.47 Å². The van der Waals surface area contributed by atoms with Crippen LogP contribution in [0.3, 0.4) is 0 Å². The summed E-state index contributed by atoms with van der Waals surface area (Å²) in [4.78, 5) is 0. The van der Waals surface area contributed by atoms with Gasteiger partial charge in [-0.25, -0.2) is 0 Å². The van der Waals surface area contributed by atoms with E-state index in [1.807, 2.05) is 60.7 Å². The van der Waals surface area contributed by atoms with Gasteiger partial charge in [0, 0.05) is 27.5 Å². The van der Waals surface area contributed by atoms with Crippen LogP contribution in [-0.2, 0) is 5.75 Å². The first kappa shape index (κ1) is 20.5. The maximum atomic E-state index is 5.44. The molecule has 152 valence electrons. The zero-order valence-corrected chi connectivity index (χ0v) is 19.0. The van der Waals surface area contributed by atoms with Crippen LogP contribution in [0.15, 0.2) is 82.4 Å². The van der Waals surface area contributed by atoms with Crippen LogP contribution in [0.4, 0.5) is 0 Å². The number of aromatic nitrogens is 3. The van der Waals surface area contributed by atoms with Crippen molar-refractivity contribution in [2.45, 2.75) is 10.9 Å². The van der Waals surface area contributed by atoms with Crippen LogP contribution in [0.1, 0.15) is 5.56 Å². The Hall–Kier alpha value is -2.77. The molecule has 0 fully saturated rings. The number of methoxy groups -OCH3 is 2.